The van der Waals surface area contributed by atoms with Crippen LogP contribution in [0.15, 0.2) is 39.4 Å². The number of methoxy groups -OCH3 is 2. The highest BCUT2D eigenvalue weighted by Crippen LogP contribution is 2.37. The standard InChI is InChI=1S/C19H21N3O3S/c1-23-16-7-3-5-13(17(16)24-2)11-22-9-4-6-15(22)19-21-20-18(25-19)14-8-10-26-12-14/h3,5,7-8,10,12,15H,4,6,9,11H2,1-2H3/t15-/m1/s1. The Kier molecular flexibility index (Phi) is 4.90. The quantitative estimate of drug-likeness (QED) is 0.649. The zero-order chi connectivity index (χ0) is 17.9. The number of likely N-dealkylation sites (tertiary alicyclic amines) is 1. The number of aromatic nitrogens is 2. The lowest BCUT2D eigenvalue weighted by atomic mass is 10.1. The Morgan fingerprint density at radius 3 is 2.92 bits per heavy atom. The number of ether oxygens (including phenoxy) is 2. The average molecular weight is 371 g/mol. The fraction of sp³-hybridized carbons (Fsp3) is 0.368. The highest BCUT2D eigenvalue weighted by Gasteiger charge is 2.31. The van der Waals surface area contributed by atoms with Crippen molar-refractivity contribution in [3.05, 3.63) is 46.5 Å². The van der Waals surface area contributed by atoms with Crippen LogP contribution in [0.25, 0.3) is 11.5 Å². The highest BCUT2D eigenvalue weighted by molar-refractivity contribution is 7.08. The zero-order valence-corrected chi connectivity index (χ0v) is 15.7. The summed E-state index contributed by atoms with van der Waals surface area (Å²) in [6.45, 7) is 1.74. The monoisotopic (exact) mass is 371 g/mol. The van der Waals surface area contributed by atoms with Gasteiger partial charge < -0.3 is 13.9 Å². The van der Waals surface area contributed by atoms with Crippen LogP contribution < -0.4 is 9.47 Å². The number of para-hydroxylation sites is 1. The van der Waals surface area contributed by atoms with Crippen LogP contribution in [-0.4, -0.2) is 35.9 Å². The van der Waals surface area contributed by atoms with Gasteiger partial charge in [0.05, 0.1) is 20.3 Å². The second-order valence-corrected chi connectivity index (χ2v) is 7.02. The summed E-state index contributed by atoms with van der Waals surface area (Å²) in [4.78, 5) is 2.36. The van der Waals surface area contributed by atoms with Gasteiger partial charge in [0.15, 0.2) is 11.5 Å². The predicted molar refractivity (Wildman–Crippen MR) is 99.5 cm³/mol. The number of nitrogens with zero attached hydrogens (tertiary/aromatic N) is 3. The molecule has 0 aliphatic carbocycles. The largest absolute Gasteiger partial charge is 0.493 e. The molecule has 136 valence electrons. The Morgan fingerprint density at radius 2 is 2.15 bits per heavy atom. The minimum absolute atomic E-state index is 0.130. The minimum atomic E-state index is 0.130. The van der Waals surface area contributed by atoms with Crippen molar-refractivity contribution in [2.24, 2.45) is 0 Å². The molecule has 1 aromatic carbocycles. The molecule has 1 saturated heterocycles. The van der Waals surface area contributed by atoms with E-state index >= 15 is 0 Å². The molecule has 0 amide bonds. The molecule has 1 fully saturated rings. The van der Waals surface area contributed by atoms with Crippen LogP contribution in [0.1, 0.15) is 30.3 Å². The van der Waals surface area contributed by atoms with Gasteiger partial charge in [-0.05, 0) is 36.9 Å². The first-order valence-corrected chi connectivity index (χ1v) is 9.54. The maximum Gasteiger partial charge on any atom is 0.248 e. The summed E-state index contributed by atoms with van der Waals surface area (Å²) in [5.74, 6) is 2.81. The summed E-state index contributed by atoms with van der Waals surface area (Å²) in [6.07, 6.45) is 2.12. The van der Waals surface area contributed by atoms with Crippen molar-refractivity contribution in [2.45, 2.75) is 25.4 Å². The van der Waals surface area contributed by atoms with E-state index in [-0.39, 0.29) is 6.04 Å². The van der Waals surface area contributed by atoms with Gasteiger partial charge in [-0.3, -0.25) is 4.90 Å². The molecule has 3 heterocycles. The van der Waals surface area contributed by atoms with Crippen LogP contribution in [0.3, 0.4) is 0 Å². The Labute approximate surface area is 156 Å². The molecule has 0 N–H and O–H groups in total. The van der Waals surface area contributed by atoms with Crippen molar-refractivity contribution < 1.29 is 13.9 Å². The summed E-state index contributed by atoms with van der Waals surface area (Å²) in [7, 11) is 3.33. The lowest BCUT2D eigenvalue weighted by Gasteiger charge is -2.23. The lowest BCUT2D eigenvalue weighted by molar-refractivity contribution is 0.212. The van der Waals surface area contributed by atoms with Crippen molar-refractivity contribution in [1.82, 2.24) is 15.1 Å². The zero-order valence-electron chi connectivity index (χ0n) is 14.8. The van der Waals surface area contributed by atoms with Crippen molar-refractivity contribution in [1.29, 1.82) is 0 Å². The Hall–Kier alpha value is -2.38. The molecule has 26 heavy (non-hydrogen) atoms. The summed E-state index contributed by atoms with van der Waals surface area (Å²) in [5.41, 5.74) is 2.07. The molecule has 2 aromatic heterocycles. The normalized spacial score (nSPS) is 17.5. The Bertz CT molecular complexity index is 863. The van der Waals surface area contributed by atoms with Crippen molar-refractivity contribution in [3.63, 3.8) is 0 Å². The average Bonchev–Trinajstić information content (AvgIpc) is 3.41. The number of hydrogen-bond acceptors (Lipinski definition) is 7. The summed E-state index contributed by atoms with van der Waals surface area (Å²) in [6, 6.07) is 8.10. The molecule has 0 radical (unpaired) electrons. The van der Waals surface area contributed by atoms with E-state index in [1.54, 1.807) is 25.6 Å². The van der Waals surface area contributed by atoms with Crippen LogP contribution in [-0.2, 0) is 6.54 Å². The fourth-order valence-corrected chi connectivity index (χ4v) is 4.09. The molecule has 0 spiro atoms. The topological polar surface area (TPSA) is 60.6 Å². The number of thiophene rings is 1. The van der Waals surface area contributed by atoms with E-state index in [0.717, 1.165) is 48.6 Å². The molecular formula is C19H21N3O3S. The van der Waals surface area contributed by atoms with E-state index in [1.807, 2.05) is 29.0 Å². The summed E-state index contributed by atoms with van der Waals surface area (Å²) >= 11 is 1.62. The first kappa shape index (κ1) is 17.1. The Balaban J connectivity index is 1.56. The van der Waals surface area contributed by atoms with Crippen molar-refractivity contribution >= 4 is 11.3 Å². The van der Waals surface area contributed by atoms with Crippen LogP contribution in [0.5, 0.6) is 11.5 Å². The van der Waals surface area contributed by atoms with Crippen molar-refractivity contribution in [3.8, 4) is 23.0 Å². The molecule has 4 rings (SSSR count). The molecule has 1 aliphatic heterocycles. The van der Waals surface area contributed by atoms with Gasteiger partial charge in [-0.2, -0.15) is 11.3 Å². The van der Waals surface area contributed by atoms with E-state index in [0.29, 0.717) is 11.8 Å². The van der Waals surface area contributed by atoms with E-state index in [2.05, 4.69) is 21.2 Å². The van der Waals surface area contributed by atoms with Crippen LogP contribution in [0.2, 0.25) is 0 Å². The molecule has 0 unspecified atom stereocenters. The van der Waals surface area contributed by atoms with Gasteiger partial charge in [0.2, 0.25) is 11.8 Å². The molecular weight excluding hydrogens is 350 g/mol. The van der Waals surface area contributed by atoms with Gasteiger partial charge in [0, 0.05) is 23.1 Å². The van der Waals surface area contributed by atoms with Gasteiger partial charge in [-0.25, -0.2) is 0 Å². The van der Waals surface area contributed by atoms with E-state index in [1.165, 1.54) is 0 Å². The van der Waals surface area contributed by atoms with E-state index < -0.39 is 0 Å². The first-order valence-electron chi connectivity index (χ1n) is 8.60. The molecule has 0 bridgehead atoms. The van der Waals surface area contributed by atoms with Gasteiger partial charge in [-0.15, -0.1) is 10.2 Å². The van der Waals surface area contributed by atoms with Crippen LogP contribution in [0.4, 0.5) is 0 Å². The van der Waals surface area contributed by atoms with Crippen LogP contribution in [0, 0.1) is 0 Å². The molecule has 1 atom stereocenters. The molecule has 0 saturated carbocycles. The maximum atomic E-state index is 5.97. The third-order valence-electron chi connectivity index (χ3n) is 4.72. The molecule has 1 aliphatic rings. The number of benzene rings is 1. The third kappa shape index (κ3) is 3.20. The molecule has 7 heteroatoms. The van der Waals surface area contributed by atoms with Gasteiger partial charge in [0.25, 0.3) is 0 Å². The number of hydrogen-bond donors (Lipinski definition) is 0. The van der Waals surface area contributed by atoms with Gasteiger partial charge >= 0.3 is 0 Å². The van der Waals surface area contributed by atoms with E-state index in [4.69, 9.17) is 13.9 Å². The smallest absolute Gasteiger partial charge is 0.248 e. The second kappa shape index (κ2) is 7.47. The summed E-state index contributed by atoms with van der Waals surface area (Å²) in [5, 5.41) is 12.6. The van der Waals surface area contributed by atoms with E-state index in [9.17, 15) is 0 Å². The minimum Gasteiger partial charge on any atom is -0.493 e. The molecule has 6 nitrogen and oxygen atoms in total. The predicted octanol–water partition coefficient (Wildman–Crippen LogP) is 4.15. The summed E-state index contributed by atoms with van der Waals surface area (Å²) < 4.78 is 17.0. The van der Waals surface area contributed by atoms with Crippen LogP contribution >= 0.6 is 11.3 Å². The first-order chi connectivity index (χ1) is 12.8. The fourth-order valence-electron chi connectivity index (χ4n) is 3.46. The Morgan fingerprint density at radius 1 is 1.23 bits per heavy atom. The number of rotatable bonds is 6. The van der Waals surface area contributed by atoms with Crippen molar-refractivity contribution in [2.75, 3.05) is 20.8 Å². The molecule has 3 aromatic rings. The van der Waals surface area contributed by atoms with Gasteiger partial charge in [0.1, 0.15) is 0 Å². The highest BCUT2D eigenvalue weighted by atomic mass is 32.1. The maximum absolute atomic E-state index is 5.97. The third-order valence-corrected chi connectivity index (χ3v) is 5.40. The van der Waals surface area contributed by atoms with Gasteiger partial charge in [-0.1, -0.05) is 12.1 Å². The second-order valence-electron chi connectivity index (χ2n) is 6.24. The SMILES string of the molecule is COc1cccc(CN2CCC[C@@H]2c2nnc(-c3ccsc3)o2)c1OC. The lowest BCUT2D eigenvalue weighted by Crippen LogP contribution is -2.23.